The van der Waals surface area contributed by atoms with Gasteiger partial charge >= 0.3 is 0 Å². The van der Waals surface area contributed by atoms with E-state index in [9.17, 15) is 4.79 Å². The number of hydrogen-bond donors (Lipinski definition) is 0. The van der Waals surface area contributed by atoms with Crippen molar-refractivity contribution in [2.45, 2.75) is 46.1 Å². The zero-order valence-electron chi connectivity index (χ0n) is 10.1. The van der Waals surface area contributed by atoms with Crippen LogP contribution in [0.25, 0.3) is 0 Å². The SMILES string of the molecule is CN(C)[C@@H]1C[C@@H](C(C)(C)C)CCC1=O. The Labute approximate surface area is 87.7 Å². The molecule has 2 atom stereocenters. The number of carbonyl (C=O) groups excluding carboxylic acids is 1. The Morgan fingerprint density at radius 1 is 1.29 bits per heavy atom. The lowest BCUT2D eigenvalue weighted by molar-refractivity contribution is -0.127. The molecule has 0 spiro atoms. The molecule has 0 aliphatic heterocycles. The smallest absolute Gasteiger partial charge is 0.149 e. The molecule has 1 saturated carbocycles. The summed E-state index contributed by atoms with van der Waals surface area (Å²) in [6.45, 7) is 6.83. The standard InChI is InChI=1S/C12H23NO/c1-12(2,3)9-6-7-11(14)10(8-9)13(4)5/h9-10H,6-8H2,1-5H3/t9-,10+/m0/s1. The molecule has 0 aromatic heterocycles. The summed E-state index contributed by atoms with van der Waals surface area (Å²) in [5.41, 5.74) is 0.342. The van der Waals surface area contributed by atoms with E-state index in [1.54, 1.807) is 0 Å². The first-order valence-electron chi connectivity index (χ1n) is 5.51. The monoisotopic (exact) mass is 197 g/mol. The molecule has 1 rings (SSSR count). The Morgan fingerprint density at radius 3 is 2.29 bits per heavy atom. The number of rotatable bonds is 1. The molecular formula is C12H23NO. The molecular weight excluding hydrogens is 174 g/mol. The minimum atomic E-state index is 0.160. The maximum atomic E-state index is 11.7. The first kappa shape index (κ1) is 11.7. The van der Waals surface area contributed by atoms with Crippen molar-refractivity contribution in [3.05, 3.63) is 0 Å². The summed E-state index contributed by atoms with van der Waals surface area (Å²) in [7, 11) is 4.02. The van der Waals surface area contributed by atoms with Crippen LogP contribution in [-0.2, 0) is 4.79 Å². The lowest BCUT2D eigenvalue weighted by Crippen LogP contribution is -2.43. The molecule has 82 valence electrons. The lowest BCUT2D eigenvalue weighted by atomic mass is 9.70. The van der Waals surface area contributed by atoms with Gasteiger partial charge < -0.3 is 0 Å². The molecule has 1 aliphatic carbocycles. The highest BCUT2D eigenvalue weighted by atomic mass is 16.1. The van der Waals surface area contributed by atoms with Gasteiger partial charge in [0.15, 0.2) is 0 Å². The van der Waals surface area contributed by atoms with Gasteiger partial charge in [-0.2, -0.15) is 0 Å². The highest BCUT2D eigenvalue weighted by Crippen LogP contribution is 2.37. The third-order valence-corrected chi connectivity index (χ3v) is 3.47. The van der Waals surface area contributed by atoms with Gasteiger partial charge in [-0.1, -0.05) is 20.8 Å². The predicted molar refractivity (Wildman–Crippen MR) is 59.3 cm³/mol. The van der Waals surface area contributed by atoms with Crippen LogP contribution in [0.5, 0.6) is 0 Å². The van der Waals surface area contributed by atoms with Gasteiger partial charge in [0, 0.05) is 6.42 Å². The van der Waals surface area contributed by atoms with Crippen molar-refractivity contribution in [2.24, 2.45) is 11.3 Å². The summed E-state index contributed by atoms with van der Waals surface area (Å²) in [6.07, 6.45) is 2.88. The highest BCUT2D eigenvalue weighted by Gasteiger charge is 2.35. The van der Waals surface area contributed by atoms with Crippen molar-refractivity contribution < 1.29 is 4.79 Å². The van der Waals surface area contributed by atoms with E-state index in [0.29, 0.717) is 17.1 Å². The maximum absolute atomic E-state index is 11.7. The lowest BCUT2D eigenvalue weighted by Gasteiger charge is -2.39. The fourth-order valence-corrected chi connectivity index (χ4v) is 2.29. The molecule has 1 aliphatic rings. The summed E-state index contributed by atoms with van der Waals surface area (Å²) in [6, 6.07) is 0.160. The van der Waals surface area contributed by atoms with Gasteiger partial charge in [0.05, 0.1) is 6.04 Å². The van der Waals surface area contributed by atoms with Crippen LogP contribution in [0.2, 0.25) is 0 Å². The third-order valence-electron chi connectivity index (χ3n) is 3.47. The van der Waals surface area contributed by atoms with Gasteiger partial charge in [-0.15, -0.1) is 0 Å². The van der Waals surface area contributed by atoms with E-state index in [0.717, 1.165) is 19.3 Å². The number of hydrogen-bond acceptors (Lipinski definition) is 2. The number of nitrogens with zero attached hydrogens (tertiary/aromatic N) is 1. The molecule has 2 nitrogen and oxygen atoms in total. The van der Waals surface area contributed by atoms with Crippen LogP contribution >= 0.6 is 0 Å². The number of carbonyl (C=O) groups is 1. The average Bonchev–Trinajstić information content (AvgIpc) is 2.02. The normalized spacial score (nSPS) is 29.7. The van der Waals surface area contributed by atoms with Crippen molar-refractivity contribution >= 4 is 5.78 Å². The Morgan fingerprint density at radius 2 is 1.86 bits per heavy atom. The van der Waals surface area contributed by atoms with Crippen molar-refractivity contribution in [2.75, 3.05) is 14.1 Å². The largest absolute Gasteiger partial charge is 0.300 e. The van der Waals surface area contributed by atoms with Gasteiger partial charge in [0.2, 0.25) is 0 Å². The molecule has 0 unspecified atom stereocenters. The molecule has 0 amide bonds. The van der Waals surface area contributed by atoms with Crippen LogP contribution in [0.4, 0.5) is 0 Å². The molecule has 0 radical (unpaired) electrons. The first-order valence-corrected chi connectivity index (χ1v) is 5.51. The minimum absolute atomic E-state index is 0.160. The van der Waals surface area contributed by atoms with Crippen molar-refractivity contribution in [1.29, 1.82) is 0 Å². The molecule has 0 saturated heterocycles. The van der Waals surface area contributed by atoms with Crippen molar-refractivity contribution in [3.8, 4) is 0 Å². The van der Waals surface area contributed by atoms with E-state index in [2.05, 4.69) is 25.7 Å². The number of likely N-dealkylation sites (N-methyl/N-ethyl adjacent to an activating group) is 1. The molecule has 14 heavy (non-hydrogen) atoms. The van der Waals surface area contributed by atoms with E-state index in [1.165, 1.54) is 0 Å². The second kappa shape index (κ2) is 4.01. The molecule has 1 fully saturated rings. The maximum Gasteiger partial charge on any atom is 0.149 e. The van der Waals surface area contributed by atoms with Crippen LogP contribution in [0.15, 0.2) is 0 Å². The minimum Gasteiger partial charge on any atom is -0.300 e. The van der Waals surface area contributed by atoms with Crippen LogP contribution < -0.4 is 0 Å². The van der Waals surface area contributed by atoms with Crippen molar-refractivity contribution in [1.82, 2.24) is 4.90 Å². The fourth-order valence-electron chi connectivity index (χ4n) is 2.29. The Kier molecular flexibility index (Phi) is 3.36. The summed E-state index contributed by atoms with van der Waals surface area (Å²) in [4.78, 5) is 13.7. The molecule has 0 bridgehead atoms. The topological polar surface area (TPSA) is 20.3 Å². The van der Waals surface area contributed by atoms with Gasteiger partial charge in [-0.3, -0.25) is 9.69 Å². The zero-order valence-corrected chi connectivity index (χ0v) is 10.1. The van der Waals surface area contributed by atoms with Crippen LogP contribution in [0.3, 0.4) is 0 Å². The van der Waals surface area contributed by atoms with E-state index in [-0.39, 0.29) is 6.04 Å². The van der Waals surface area contributed by atoms with Gasteiger partial charge in [0.1, 0.15) is 5.78 Å². The molecule has 0 N–H and O–H groups in total. The van der Waals surface area contributed by atoms with E-state index in [4.69, 9.17) is 0 Å². The Balaban J connectivity index is 2.67. The van der Waals surface area contributed by atoms with Crippen LogP contribution in [0, 0.1) is 11.3 Å². The first-order chi connectivity index (χ1) is 6.32. The average molecular weight is 197 g/mol. The fraction of sp³-hybridized carbons (Fsp3) is 0.917. The van der Waals surface area contributed by atoms with Crippen molar-refractivity contribution in [3.63, 3.8) is 0 Å². The Bertz CT molecular complexity index is 215. The van der Waals surface area contributed by atoms with Gasteiger partial charge in [-0.25, -0.2) is 0 Å². The summed E-state index contributed by atoms with van der Waals surface area (Å²) in [5, 5.41) is 0. The second-order valence-electron chi connectivity index (χ2n) is 5.78. The van der Waals surface area contributed by atoms with Gasteiger partial charge in [-0.05, 0) is 38.3 Å². The third kappa shape index (κ3) is 2.57. The summed E-state index contributed by atoms with van der Waals surface area (Å²) < 4.78 is 0. The molecule has 0 aromatic rings. The summed E-state index contributed by atoms with van der Waals surface area (Å²) in [5.74, 6) is 1.11. The molecule has 2 heteroatoms. The van der Waals surface area contributed by atoms with Crippen LogP contribution in [0.1, 0.15) is 40.0 Å². The van der Waals surface area contributed by atoms with E-state index < -0.39 is 0 Å². The Hall–Kier alpha value is -0.370. The predicted octanol–water partition coefficient (Wildman–Crippen LogP) is 2.33. The number of Topliss-reactive ketones (excluding diaryl/α,β-unsaturated/α-hetero) is 1. The van der Waals surface area contributed by atoms with Crippen LogP contribution in [-0.4, -0.2) is 30.8 Å². The van der Waals surface area contributed by atoms with Gasteiger partial charge in [0.25, 0.3) is 0 Å². The second-order valence-corrected chi connectivity index (χ2v) is 5.78. The quantitative estimate of drug-likeness (QED) is 0.643. The van der Waals surface area contributed by atoms with E-state index in [1.807, 2.05) is 14.1 Å². The summed E-state index contributed by atoms with van der Waals surface area (Å²) >= 11 is 0. The highest BCUT2D eigenvalue weighted by molar-refractivity contribution is 5.84. The zero-order chi connectivity index (χ0) is 10.9. The van der Waals surface area contributed by atoms with E-state index >= 15 is 0 Å². The number of ketones is 1. The molecule has 0 heterocycles. The molecule has 0 aromatic carbocycles.